The molecule has 9 rings (SSSR count). The first-order valence-corrected chi connectivity index (χ1v) is 32.5. The minimum Gasteiger partial charge on any atom is -0.504 e. The van der Waals surface area contributed by atoms with Gasteiger partial charge in [-0.05, 0) is 98.8 Å². The molecule has 0 aromatic heterocycles. The number of amides is 7. The molecule has 13 atom stereocenters. The van der Waals surface area contributed by atoms with Gasteiger partial charge in [-0.25, -0.2) is 11.8 Å². The molecule has 5 aliphatic heterocycles. The van der Waals surface area contributed by atoms with Gasteiger partial charge in [-0.15, -0.1) is 0 Å². The van der Waals surface area contributed by atoms with E-state index in [-0.39, 0.29) is 35.7 Å². The molecule has 3 aromatic carbocycles. The standard InChI is InChI=1S/C63H85N11O19S/c1-35-33-74-55(56(35)81)61(86)65-31-42(76)29-46(66-57(82)38-10-12-39(13-11-38)71-23-25-72(26-24-71)41-16-14-40(15-17-41)70-21-19-45(20-22-70)90-44-7-5-4-6-8-44)58(83)67-52(36(2)75)62(87)73-34-43(77)30-47(73)59(84)68-53(60(85)69-54(63(74)88)50(80)32-64-3)49(79)27-37-9-18-48(78)51(28-37)91-94-93-92-89/h9-18,28,35-36,42-47,49-50,52-56,75-81,89H,4-8,19-27,29-34H2,1-2H3,(H,65,86)(H,66,82)(H,67,83)(H,68,84)(H,69,85)/t35-,36+,42+,43+,46+,47+,49-,50-,52+,53+,54+,55+,56+/m1/s1. The van der Waals surface area contributed by atoms with Crippen LogP contribution < -0.4 is 45.5 Å². The van der Waals surface area contributed by atoms with Crippen molar-refractivity contribution in [2.24, 2.45) is 5.92 Å². The van der Waals surface area contributed by atoms with E-state index in [0.29, 0.717) is 25.3 Å². The Morgan fingerprint density at radius 1 is 0.691 bits per heavy atom. The molecular formula is C63H85N11O19S. The Morgan fingerprint density at radius 3 is 1.89 bits per heavy atom. The summed E-state index contributed by atoms with van der Waals surface area (Å²) in [6, 6.07) is 7.56. The molecule has 0 bridgehead atoms. The maximum absolute atomic E-state index is 14.7. The van der Waals surface area contributed by atoms with Crippen LogP contribution in [-0.2, 0) is 49.3 Å². The van der Waals surface area contributed by atoms with Gasteiger partial charge >= 0.3 is 0 Å². The number of aliphatic hydroxyl groups is 6. The van der Waals surface area contributed by atoms with Crippen molar-refractivity contribution in [3.8, 4) is 11.5 Å². The summed E-state index contributed by atoms with van der Waals surface area (Å²) in [4.78, 5) is 113. The summed E-state index contributed by atoms with van der Waals surface area (Å²) in [6.45, 7) is 12.4. The van der Waals surface area contributed by atoms with Gasteiger partial charge in [-0.2, -0.15) is 0 Å². The van der Waals surface area contributed by atoms with Crippen molar-refractivity contribution in [3.63, 3.8) is 0 Å². The number of carbonyl (C=O) groups is 7. The highest BCUT2D eigenvalue weighted by atomic mass is 32.2. The lowest BCUT2D eigenvalue weighted by Gasteiger charge is -2.38. The van der Waals surface area contributed by atoms with E-state index in [4.69, 9.17) is 20.7 Å². The first kappa shape index (κ1) is 70.7. The first-order valence-electron chi connectivity index (χ1n) is 31.9. The molecule has 30 nitrogen and oxygen atoms in total. The van der Waals surface area contributed by atoms with E-state index in [1.54, 1.807) is 24.3 Å². The number of nitrogens with zero attached hydrogens (tertiary/aromatic N) is 6. The topological polar surface area (TPSA) is 399 Å². The second kappa shape index (κ2) is 32.7. The number of carbonyl (C=O) groups excluding carboxylic acids is 7. The molecule has 512 valence electrons. The minimum absolute atomic E-state index is 0.0752. The summed E-state index contributed by atoms with van der Waals surface area (Å²) in [5.41, 5.74) is 3.34. The van der Waals surface area contributed by atoms with Crippen LogP contribution >= 0.6 is 12.3 Å². The molecule has 6 aliphatic rings. The molecule has 6 fully saturated rings. The third kappa shape index (κ3) is 17.6. The molecular weight excluding hydrogens is 1250 g/mol. The zero-order chi connectivity index (χ0) is 67.3. The molecule has 1 aliphatic carbocycles. The number of phenols is 1. The number of phenolic OH excluding ortho intramolecular Hbond substituents is 1. The van der Waals surface area contributed by atoms with Gasteiger partial charge in [0.1, 0.15) is 36.3 Å². The van der Waals surface area contributed by atoms with E-state index in [2.05, 4.69) is 79.8 Å². The third-order valence-corrected chi connectivity index (χ3v) is 18.8. The highest BCUT2D eigenvalue weighted by Gasteiger charge is 2.50. The number of hydrogen-bond acceptors (Lipinski definition) is 23. The lowest BCUT2D eigenvalue weighted by molar-refractivity contribution is -0.433. The van der Waals surface area contributed by atoms with E-state index >= 15 is 0 Å². The number of rotatable bonds is 17. The summed E-state index contributed by atoms with van der Waals surface area (Å²) in [6.07, 6.45) is -3.25. The Labute approximate surface area is 547 Å². The maximum Gasteiger partial charge on any atom is 0.261 e. The van der Waals surface area contributed by atoms with Gasteiger partial charge in [-0.1, -0.05) is 41.6 Å². The van der Waals surface area contributed by atoms with Crippen LogP contribution in [0.2, 0.25) is 0 Å². The molecule has 0 radical (unpaired) electrons. The average Bonchev–Trinajstić information content (AvgIpc) is 1.62. The van der Waals surface area contributed by atoms with E-state index in [1.807, 2.05) is 0 Å². The van der Waals surface area contributed by atoms with Crippen LogP contribution in [0.5, 0.6) is 11.5 Å². The summed E-state index contributed by atoms with van der Waals surface area (Å²) in [5, 5.41) is 103. The number of aromatic hydroxyl groups is 1. The van der Waals surface area contributed by atoms with Crippen molar-refractivity contribution in [3.05, 3.63) is 89.3 Å². The Bertz CT molecular complexity index is 3150. The summed E-state index contributed by atoms with van der Waals surface area (Å²) < 4.78 is 15.8. The van der Waals surface area contributed by atoms with Gasteiger partial charge in [0.15, 0.2) is 17.6 Å². The number of β-amino-alcohol motifs (C(OH)–C–C–N with tert-alkyl or cyclic N) is 1. The second-order valence-corrected chi connectivity index (χ2v) is 25.5. The van der Waals surface area contributed by atoms with Gasteiger partial charge < -0.3 is 101 Å². The van der Waals surface area contributed by atoms with Gasteiger partial charge in [-0.3, -0.25) is 33.6 Å². The molecule has 5 heterocycles. The summed E-state index contributed by atoms with van der Waals surface area (Å²) in [5.74, 6) is -9.45. The molecule has 5 saturated heterocycles. The summed E-state index contributed by atoms with van der Waals surface area (Å²) >= 11 is 0.0752. The van der Waals surface area contributed by atoms with Crippen LogP contribution in [-0.4, -0.2) is 243 Å². The fourth-order valence-electron chi connectivity index (χ4n) is 13.2. The number of hydrogen-bond donors (Lipinski definition) is 13. The predicted octanol–water partition coefficient (Wildman–Crippen LogP) is -0.732. The van der Waals surface area contributed by atoms with Crippen LogP contribution in [0.15, 0.2) is 66.7 Å². The van der Waals surface area contributed by atoms with E-state index in [1.165, 1.54) is 56.8 Å². The SMILES string of the molecule is [C-]#[N+]C[C@@H](O)[C@@H]1NC(=O)[C@H]([C@H](O)Cc2ccc(O)c(OSOOO)c2)NC(=O)[C@@H]2C[C@H](O)CN2C(=O)[C@H]([C@H](C)O)NC(=O)[C@@H](NC(=O)c2ccc(N3CCN(c4ccc(N5CCC(OC6CCCCC6)CC5)cc4)CC3)cc2)C[C@H](O)CNC(=O)[C@@H]2[C@@H](O)[C@H](C)CN2C1=O. The third-order valence-electron chi connectivity index (χ3n) is 18.4. The van der Waals surface area contributed by atoms with Gasteiger partial charge in [0.2, 0.25) is 42.0 Å². The van der Waals surface area contributed by atoms with E-state index in [0.717, 1.165) is 73.2 Å². The lowest BCUT2D eigenvalue weighted by Crippen LogP contribution is -2.64. The molecule has 0 spiro atoms. The number of aliphatic hydroxyl groups excluding tert-OH is 6. The largest absolute Gasteiger partial charge is 0.504 e. The number of piperazine rings is 1. The van der Waals surface area contributed by atoms with E-state index < -0.39 is 165 Å². The maximum atomic E-state index is 14.7. The highest BCUT2D eigenvalue weighted by Crippen LogP contribution is 2.33. The highest BCUT2D eigenvalue weighted by molar-refractivity contribution is 7.90. The van der Waals surface area contributed by atoms with E-state index in [9.17, 15) is 69.3 Å². The fourth-order valence-corrected chi connectivity index (χ4v) is 13.4. The number of piperidine rings is 1. The van der Waals surface area contributed by atoms with Crippen molar-refractivity contribution in [1.82, 2.24) is 36.4 Å². The molecule has 0 unspecified atom stereocenters. The van der Waals surface area contributed by atoms with Crippen molar-refractivity contribution in [2.75, 3.05) is 80.1 Å². The Morgan fingerprint density at radius 2 is 1.28 bits per heavy atom. The molecule has 31 heteroatoms. The second-order valence-electron chi connectivity index (χ2n) is 25.1. The van der Waals surface area contributed by atoms with Crippen LogP contribution in [0.4, 0.5) is 17.1 Å². The average molecular weight is 1330 g/mol. The minimum atomic E-state index is -2.14. The zero-order valence-corrected chi connectivity index (χ0v) is 53.1. The van der Waals surface area contributed by atoms with Crippen LogP contribution in [0.1, 0.15) is 87.6 Å². The molecule has 94 heavy (non-hydrogen) atoms. The first-order chi connectivity index (χ1) is 45.1. The molecule has 13 N–H and O–H groups in total. The Kier molecular flexibility index (Phi) is 24.6. The smallest absolute Gasteiger partial charge is 0.261 e. The van der Waals surface area contributed by atoms with Crippen molar-refractivity contribution >= 4 is 70.7 Å². The Hall–Kier alpha value is -7.61. The molecule has 1 saturated carbocycles. The zero-order valence-electron chi connectivity index (χ0n) is 52.3. The lowest BCUT2D eigenvalue weighted by atomic mass is 9.97. The van der Waals surface area contributed by atoms with Crippen LogP contribution in [0.3, 0.4) is 0 Å². The number of anilines is 3. The van der Waals surface area contributed by atoms with Gasteiger partial charge in [0, 0.05) is 107 Å². The number of fused-ring (bicyclic) bond motifs is 2. The van der Waals surface area contributed by atoms with Gasteiger partial charge in [0.25, 0.3) is 18.2 Å². The normalized spacial score (nSPS) is 27.8. The summed E-state index contributed by atoms with van der Waals surface area (Å²) in [7, 11) is 0. The number of benzene rings is 3. The molecule has 7 amide bonds. The number of nitrogens with one attached hydrogen (secondary N) is 5. The molecule has 3 aromatic rings. The van der Waals surface area contributed by atoms with Gasteiger partial charge in [0.05, 0.1) is 42.7 Å². The number of ether oxygens (including phenoxy) is 1. The van der Waals surface area contributed by atoms with Crippen molar-refractivity contribution in [1.29, 1.82) is 0 Å². The Balaban J connectivity index is 0.915. The monoisotopic (exact) mass is 1330 g/mol. The van der Waals surface area contributed by atoms with Crippen LogP contribution in [0, 0.1) is 12.5 Å². The van der Waals surface area contributed by atoms with Crippen molar-refractivity contribution in [2.45, 2.75) is 163 Å². The predicted molar refractivity (Wildman–Crippen MR) is 338 cm³/mol. The van der Waals surface area contributed by atoms with Crippen molar-refractivity contribution < 1.29 is 92.9 Å². The fraction of sp³-hybridized carbons (Fsp3) is 0.587. The van der Waals surface area contributed by atoms with Crippen LogP contribution in [0.25, 0.3) is 4.85 Å². The quantitative estimate of drug-likeness (QED) is 0.0260.